The van der Waals surface area contributed by atoms with E-state index < -0.39 is 10.0 Å². The minimum Gasteiger partial charge on any atom is -0.374 e. The zero-order valence-electron chi connectivity index (χ0n) is 10.1. The normalized spacial score (nSPS) is 26.3. The summed E-state index contributed by atoms with van der Waals surface area (Å²) in [5.41, 5.74) is 0. The van der Waals surface area contributed by atoms with Crippen molar-refractivity contribution in [1.29, 1.82) is 0 Å². The Morgan fingerprint density at radius 2 is 2.22 bits per heavy atom. The minimum absolute atomic E-state index is 0.104. The Bertz CT molecular complexity index is 496. The van der Waals surface area contributed by atoms with Gasteiger partial charge in [0.1, 0.15) is 0 Å². The lowest BCUT2D eigenvalue weighted by Gasteiger charge is -2.32. The van der Waals surface area contributed by atoms with E-state index in [2.05, 4.69) is 5.10 Å². The molecule has 7 heteroatoms. The predicted octanol–water partition coefficient (Wildman–Crippen LogP) is 0.0761. The molecule has 3 rings (SSSR count). The van der Waals surface area contributed by atoms with Crippen LogP contribution in [0.15, 0.2) is 18.5 Å². The van der Waals surface area contributed by atoms with Crippen LogP contribution in [-0.2, 0) is 21.3 Å². The quantitative estimate of drug-likeness (QED) is 0.778. The molecule has 18 heavy (non-hydrogen) atoms. The van der Waals surface area contributed by atoms with Crippen molar-refractivity contribution in [1.82, 2.24) is 14.1 Å². The maximum absolute atomic E-state index is 12.1. The summed E-state index contributed by atoms with van der Waals surface area (Å²) in [6, 6.07) is 1.85. The van der Waals surface area contributed by atoms with Crippen LogP contribution in [0.2, 0.25) is 0 Å². The van der Waals surface area contributed by atoms with E-state index in [1.54, 1.807) is 15.2 Å². The molecule has 0 aromatic carbocycles. The molecule has 100 valence electrons. The molecule has 1 atom stereocenters. The summed E-state index contributed by atoms with van der Waals surface area (Å²) in [6.07, 6.45) is 5.08. The number of rotatable bonds is 4. The van der Waals surface area contributed by atoms with Crippen LogP contribution in [-0.4, -0.2) is 53.6 Å². The van der Waals surface area contributed by atoms with Crippen LogP contribution in [0.4, 0.5) is 0 Å². The topological polar surface area (TPSA) is 64.4 Å². The van der Waals surface area contributed by atoms with Crippen LogP contribution in [0.1, 0.15) is 12.8 Å². The van der Waals surface area contributed by atoms with Gasteiger partial charge in [0.05, 0.1) is 24.5 Å². The van der Waals surface area contributed by atoms with Crippen molar-refractivity contribution in [3.8, 4) is 0 Å². The number of nitrogens with zero attached hydrogens (tertiary/aromatic N) is 3. The van der Waals surface area contributed by atoms with Gasteiger partial charge < -0.3 is 4.74 Å². The Morgan fingerprint density at radius 1 is 1.39 bits per heavy atom. The van der Waals surface area contributed by atoms with Gasteiger partial charge in [-0.15, -0.1) is 0 Å². The highest BCUT2D eigenvalue weighted by molar-refractivity contribution is 7.90. The van der Waals surface area contributed by atoms with Crippen molar-refractivity contribution in [3.05, 3.63) is 18.5 Å². The standard InChI is InChI=1S/C11H17N3O3S/c15-18(16,11-2-3-11)14-6-7-17-10(9-14)8-13-5-1-4-12-13/h1,4-5,10-11H,2-3,6-9H2. The van der Waals surface area contributed by atoms with E-state index in [-0.39, 0.29) is 11.4 Å². The van der Waals surface area contributed by atoms with Gasteiger partial charge in [-0.05, 0) is 18.9 Å². The summed E-state index contributed by atoms with van der Waals surface area (Å²) in [5, 5.41) is 3.98. The lowest BCUT2D eigenvalue weighted by molar-refractivity contribution is -0.0120. The van der Waals surface area contributed by atoms with Crippen molar-refractivity contribution in [2.24, 2.45) is 0 Å². The first-order valence-corrected chi connectivity index (χ1v) is 7.74. The maximum Gasteiger partial charge on any atom is 0.217 e. The highest BCUT2D eigenvalue weighted by Gasteiger charge is 2.41. The van der Waals surface area contributed by atoms with Gasteiger partial charge in [-0.25, -0.2) is 8.42 Å². The fourth-order valence-electron chi connectivity index (χ4n) is 2.23. The van der Waals surface area contributed by atoms with E-state index in [1.807, 2.05) is 12.3 Å². The number of ether oxygens (including phenoxy) is 1. The minimum atomic E-state index is -3.08. The molecule has 2 aliphatic rings. The van der Waals surface area contributed by atoms with Gasteiger partial charge in [-0.2, -0.15) is 9.40 Å². The van der Waals surface area contributed by atoms with Gasteiger partial charge >= 0.3 is 0 Å². The Morgan fingerprint density at radius 3 is 2.89 bits per heavy atom. The van der Waals surface area contributed by atoms with E-state index in [9.17, 15) is 8.42 Å². The molecule has 2 heterocycles. The summed E-state index contributed by atoms with van der Waals surface area (Å²) in [7, 11) is -3.08. The van der Waals surface area contributed by atoms with Gasteiger partial charge in [0, 0.05) is 25.5 Å². The van der Waals surface area contributed by atoms with Crippen LogP contribution in [0.3, 0.4) is 0 Å². The third kappa shape index (κ3) is 2.43. The highest BCUT2D eigenvalue weighted by Crippen LogP contribution is 2.31. The van der Waals surface area contributed by atoms with E-state index >= 15 is 0 Å². The zero-order valence-corrected chi connectivity index (χ0v) is 10.9. The number of sulfonamides is 1. The van der Waals surface area contributed by atoms with Crippen molar-refractivity contribution in [2.75, 3.05) is 19.7 Å². The van der Waals surface area contributed by atoms with Crippen LogP contribution in [0.5, 0.6) is 0 Å². The Hall–Kier alpha value is -0.920. The summed E-state index contributed by atoms with van der Waals surface area (Å²) >= 11 is 0. The van der Waals surface area contributed by atoms with Gasteiger partial charge in [-0.1, -0.05) is 0 Å². The first-order valence-electron chi connectivity index (χ1n) is 6.24. The molecule has 0 N–H and O–H groups in total. The van der Waals surface area contributed by atoms with Crippen LogP contribution in [0, 0.1) is 0 Å². The second kappa shape index (κ2) is 4.64. The third-order valence-corrected chi connectivity index (χ3v) is 5.72. The fraction of sp³-hybridized carbons (Fsp3) is 0.727. The average molecular weight is 271 g/mol. The lowest BCUT2D eigenvalue weighted by Crippen LogP contribution is -2.48. The van der Waals surface area contributed by atoms with Gasteiger partial charge in [0.2, 0.25) is 10.0 Å². The highest BCUT2D eigenvalue weighted by atomic mass is 32.2. The molecule has 0 radical (unpaired) electrons. The summed E-state index contributed by atoms with van der Waals surface area (Å²) in [6.45, 7) is 1.99. The maximum atomic E-state index is 12.1. The molecule has 2 fully saturated rings. The second-order valence-corrected chi connectivity index (χ2v) is 7.04. The summed E-state index contributed by atoms with van der Waals surface area (Å²) in [4.78, 5) is 0. The Kier molecular flexibility index (Phi) is 3.13. The average Bonchev–Trinajstić information content (AvgIpc) is 3.11. The lowest BCUT2D eigenvalue weighted by atomic mass is 10.3. The summed E-state index contributed by atoms with van der Waals surface area (Å²) in [5.74, 6) is 0. The van der Waals surface area contributed by atoms with Gasteiger partial charge in [0.15, 0.2) is 0 Å². The molecule has 0 bridgehead atoms. The predicted molar refractivity (Wildman–Crippen MR) is 65.5 cm³/mol. The molecule has 1 saturated heterocycles. The molecule has 1 aliphatic carbocycles. The van der Waals surface area contributed by atoms with Crippen LogP contribution < -0.4 is 0 Å². The summed E-state index contributed by atoms with van der Waals surface area (Å²) < 4.78 is 33.3. The van der Waals surface area contributed by atoms with E-state index in [0.717, 1.165) is 12.8 Å². The monoisotopic (exact) mass is 271 g/mol. The van der Waals surface area contributed by atoms with E-state index in [0.29, 0.717) is 26.2 Å². The molecule has 1 aliphatic heterocycles. The largest absolute Gasteiger partial charge is 0.374 e. The fourth-order valence-corrected chi connectivity index (χ4v) is 4.08. The van der Waals surface area contributed by atoms with Crippen LogP contribution >= 0.6 is 0 Å². The molecule has 1 saturated carbocycles. The van der Waals surface area contributed by atoms with Crippen molar-refractivity contribution in [2.45, 2.75) is 30.7 Å². The van der Waals surface area contributed by atoms with Gasteiger partial charge in [-0.3, -0.25) is 4.68 Å². The van der Waals surface area contributed by atoms with E-state index in [4.69, 9.17) is 4.74 Å². The molecular weight excluding hydrogens is 254 g/mol. The van der Waals surface area contributed by atoms with Crippen molar-refractivity contribution < 1.29 is 13.2 Å². The number of hydrogen-bond donors (Lipinski definition) is 0. The third-order valence-electron chi connectivity index (χ3n) is 3.36. The number of aromatic nitrogens is 2. The molecule has 1 aromatic rings. The van der Waals surface area contributed by atoms with E-state index in [1.165, 1.54) is 0 Å². The number of hydrogen-bond acceptors (Lipinski definition) is 4. The Labute approximate surface area is 107 Å². The molecule has 1 unspecified atom stereocenters. The first-order chi connectivity index (χ1) is 8.66. The second-order valence-electron chi connectivity index (χ2n) is 4.82. The van der Waals surface area contributed by atoms with Crippen LogP contribution in [0.25, 0.3) is 0 Å². The number of morpholine rings is 1. The zero-order chi connectivity index (χ0) is 12.6. The molecule has 0 amide bonds. The first kappa shape index (κ1) is 12.1. The molecule has 0 spiro atoms. The molecule has 6 nitrogen and oxygen atoms in total. The smallest absolute Gasteiger partial charge is 0.217 e. The molecular formula is C11H17N3O3S. The van der Waals surface area contributed by atoms with Gasteiger partial charge in [0.25, 0.3) is 0 Å². The molecule has 1 aromatic heterocycles. The van der Waals surface area contributed by atoms with Crippen molar-refractivity contribution in [3.63, 3.8) is 0 Å². The van der Waals surface area contributed by atoms with Crippen molar-refractivity contribution >= 4 is 10.0 Å². The Balaban J connectivity index is 1.65. The SMILES string of the molecule is O=S(=O)(C1CC1)N1CCOC(Cn2cccn2)C1.